The van der Waals surface area contributed by atoms with E-state index < -0.39 is 23.3 Å². The van der Waals surface area contributed by atoms with Gasteiger partial charge in [0.2, 0.25) is 0 Å². The highest BCUT2D eigenvalue weighted by molar-refractivity contribution is 5.95. The van der Waals surface area contributed by atoms with Gasteiger partial charge < -0.3 is 11.1 Å². The highest BCUT2D eigenvalue weighted by atomic mass is 19.4. The Morgan fingerprint density at radius 2 is 1.82 bits per heavy atom. The lowest BCUT2D eigenvalue weighted by atomic mass is 10.1. The smallest absolute Gasteiger partial charge is 0.384 e. The summed E-state index contributed by atoms with van der Waals surface area (Å²) < 4.78 is 38.6. The van der Waals surface area contributed by atoms with Crippen LogP contribution in [0.15, 0.2) is 42.5 Å². The summed E-state index contributed by atoms with van der Waals surface area (Å²) in [4.78, 5) is 15.1. The van der Waals surface area contributed by atoms with E-state index in [0.717, 1.165) is 11.6 Å². The number of halogens is 3. The number of pyridine rings is 1. The van der Waals surface area contributed by atoms with E-state index in [1.807, 2.05) is 30.3 Å². The molecule has 0 aliphatic heterocycles. The number of rotatable bonds is 4. The molecule has 1 heterocycles. The number of hydrogen-bond acceptors (Lipinski definition) is 3. The van der Waals surface area contributed by atoms with Crippen molar-refractivity contribution in [2.24, 2.45) is 0 Å². The van der Waals surface area contributed by atoms with Crippen molar-refractivity contribution < 1.29 is 18.0 Å². The summed E-state index contributed by atoms with van der Waals surface area (Å²) in [6.45, 7) is 0.227. The molecule has 4 nitrogen and oxygen atoms in total. The third-order valence-electron chi connectivity index (χ3n) is 2.97. The first-order valence-corrected chi connectivity index (χ1v) is 6.54. The van der Waals surface area contributed by atoms with Gasteiger partial charge in [0.05, 0.1) is 5.56 Å². The van der Waals surface area contributed by atoms with Gasteiger partial charge in [0.15, 0.2) is 5.69 Å². The van der Waals surface area contributed by atoms with Crippen LogP contribution in [-0.4, -0.2) is 17.4 Å². The Morgan fingerprint density at radius 1 is 1.14 bits per heavy atom. The van der Waals surface area contributed by atoms with E-state index in [-0.39, 0.29) is 12.4 Å². The fourth-order valence-electron chi connectivity index (χ4n) is 1.93. The summed E-state index contributed by atoms with van der Waals surface area (Å²) >= 11 is 0. The molecule has 1 aromatic heterocycles. The maximum Gasteiger partial charge on any atom is 0.434 e. The molecule has 3 N–H and O–H groups in total. The number of nitrogens with zero attached hydrogens (tertiary/aromatic N) is 1. The van der Waals surface area contributed by atoms with Crippen LogP contribution in [0.4, 0.5) is 19.0 Å². The number of aromatic nitrogens is 1. The van der Waals surface area contributed by atoms with Crippen LogP contribution in [0.25, 0.3) is 0 Å². The highest BCUT2D eigenvalue weighted by Crippen LogP contribution is 2.30. The maximum atomic E-state index is 12.9. The topological polar surface area (TPSA) is 68.0 Å². The van der Waals surface area contributed by atoms with Crippen LogP contribution in [0.3, 0.4) is 0 Å². The fraction of sp³-hybridized carbons (Fsp3) is 0.200. The highest BCUT2D eigenvalue weighted by Gasteiger charge is 2.37. The average molecular weight is 309 g/mol. The van der Waals surface area contributed by atoms with Gasteiger partial charge in [-0.25, -0.2) is 4.98 Å². The van der Waals surface area contributed by atoms with Crippen LogP contribution in [0.1, 0.15) is 21.6 Å². The molecule has 0 aliphatic rings. The van der Waals surface area contributed by atoms with E-state index in [4.69, 9.17) is 5.73 Å². The monoisotopic (exact) mass is 309 g/mol. The first kappa shape index (κ1) is 15.8. The predicted octanol–water partition coefficient (Wildman–Crippen LogP) is 2.66. The predicted molar refractivity (Wildman–Crippen MR) is 76.1 cm³/mol. The van der Waals surface area contributed by atoms with Crippen LogP contribution in [0.2, 0.25) is 0 Å². The van der Waals surface area contributed by atoms with Gasteiger partial charge in [-0.15, -0.1) is 0 Å². The maximum absolute atomic E-state index is 12.9. The number of alkyl halides is 3. The van der Waals surface area contributed by atoms with Crippen molar-refractivity contribution in [1.29, 1.82) is 0 Å². The molecule has 0 bridgehead atoms. The van der Waals surface area contributed by atoms with Crippen molar-refractivity contribution in [3.05, 3.63) is 59.3 Å². The largest absolute Gasteiger partial charge is 0.434 e. The van der Waals surface area contributed by atoms with Crippen molar-refractivity contribution >= 4 is 11.7 Å². The molecule has 0 fully saturated rings. The van der Waals surface area contributed by atoms with Crippen molar-refractivity contribution in [3.63, 3.8) is 0 Å². The minimum Gasteiger partial charge on any atom is -0.384 e. The summed E-state index contributed by atoms with van der Waals surface area (Å²) in [7, 11) is 0. The molecule has 1 amide bonds. The number of hydrogen-bond donors (Lipinski definition) is 2. The molecule has 0 unspecified atom stereocenters. The summed E-state index contributed by atoms with van der Waals surface area (Å²) in [5, 5.41) is 2.46. The number of nitrogens with one attached hydrogen (secondary N) is 1. The van der Waals surface area contributed by atoms with Crippen molar-refractivity contribution in [2.45, 2.75) is 12.6 Å². The Morgan fingerprint density at radius 3 is 2.45 bits per heavy atom. The molecule has 0 spiro atoms. The Balaban J connectivity index is 2.07. The first-order chi connectivity index (χ1) is 10.4. The van der Waals surface area contributed by atoms with Gasteiger partial charge in [-0.2, -0.15) is 13.2 Å². The van der Waals surface area contributed by atoms with Crippen LogP contribution in [0, 0.1) is 0 Å². The second-order valence-electron chi connectivity index (χ2n) is 4.62. The molecular weight excluding hydrogens is 295 g/mol. The van der Waals surface area contributed by atoms with Crippen molar-refractivity contribution in [2.75, 3.05) is 12.3 Å². The molecule has 0 atom stereocenters. The summed E-state index contributed by atoms with van der Waals surface area (Å²) in [6, 6.07) is 11.5. The van der Waals surface area contributed by atoms with E-state index in [0.29, 0.717) is 6.42 Å². The summed E-state index contributed by atoms with van der Waals surface area (Å²) in [6.07, 6.45) is -4.21. The number of anilines is 1. The lowest BCUT2D eigenvalue weighted by Crippen LogP contribution is -2.29. The standard InChI is InChI=1S/C15H14F3N3O/c16-15(17,18)13-11(6-7-12(19)21-13)14(22)20-9-8-10-4-2-1-3-5-10/h1-7H,8-9H2,(H2,19,21)(H,20,22). The lowest BCUT2D eigenvalue weighted by molar-refractivity contribution is -0.141. The van der Waals surface area contributed by atoms with Crippen LogP contribution >= 0.6 is 0 Å². The van der Waals surface area contributed by atoms with Crippen molar-refractivity contribution in [1.82, 2.24) is 10.3 Å². The zero-order chi connectivity index (χ0) is 16.2. The van der Waals surface area contributed by atoms with Gasteiger partial charge in [0.25, 0.3) is 5.91 Å². The molecule has 22 heavy (non-hydrogen) atoms. The third-order valence-corrected chi connectivity index (χ3v) is 2.97. The Bertz CT molecular complexity index is 657. The number of amides is 1. The van der Waals surface area contributed by atoms with Gasteiger partial charge in [0, 0.05) is 6.54 Å². The Hall–Kier alpha value is -2.57. The van der Waals surface area contributed by atoms with Crippen LogP contribution in [-0.2, 0) is 12.6 Å². The van der Waals surface area contributed by atoms with Crippen molar-refractivity contribution in [3.8, 4) is 0 Å². The van der Waals surface area contributed by atoms with E-state index in [1.54, 1.807) is 0 Å². The number of carbonyl (C=O) groups is 1. The van der Waals surface area contributed by atoms with E-state index in [9.17, 15) is 18.0 Å². The lowest BCUT2D eigenvalue weighted by Gasteiger charge is -2.12. The van der Waals surface area contributed by atoms with Gasteiger partial charge in [-0.1, -0.05) is 30.3 Å². The number of nitrogen functional groups attached to an aromatic ring is 1. The number of carbonyl (C=O) groups excluding carboxylic acids is 1. The molecule has 2 aromatic rings. The molecular formula is C15H14F3N3O. The zero-order valence-electron chi connectivity index (χ0n) is 11.5. The molecule has 0 aliphatic carbocycles. The minimum atomic E-state index is -4.73. The molecule has 0 radical (unpaired) electrons. The average Bonchev–Trinajstić information content (AvgIpc) is 2.47. The quantitative estimate of drug-likeness (QED) is 0.912. The second-order valence-corrected chi connectivity index (χ2v) is 4.62. The molecule has 0 saturated heterocycles. The van der Waals surface area contributed by atoms with E-state index in [1.165, 1.54) is 6.07 Å². The molecule has 0 saturated carbocycles. The van der Waals surface area contributed by atoms with E-state index >= 15 is 0 Å². The van der Waals surface area contributed by atoms with Crippen LogP contribution in [0.5, 0.6) is 0 Å². The number of benzene rings is 1. The first-order valence-electron chi connectivity index (χ1n) is 6.54. The molecule has 116 valence electrons. The summed E-state index contributed by atoms with van der Waals surface area (Å²) in [5.41, 5.74) is 4.43. The molecule has 2 rings (SSSR count). The summed E-state index contributed by atoms with van der Waals surface area (Å²) in [5.74, 6) is -1.11. The van der Waals surface area contributed by atoms with Gasteiger partial charge >= 0.3 is 6.18 Å². The molecule has 1 aromatic carbocycles. The van der Waals surface area contributed by atoms with Gasteiger partial charge in [-0.3, -0.25) is 4.79 Å². The third kappa shape index (κ3) is 3.97. The molecule has 7 heteroatoms. The van der Waals surface area contributed by atoms with Gasteiger partial charge in [0.1, 0.15) is 5.82 Å². The number of nitrogens with two attached hydrogens (primary N) is 1. The fourth-order valence-corrected chi connectivity index (χ4v) is 1.93. The second kappa shape index (κ2) is 6.46. The minimum absolute atomic E-state index is 0.227. The SMILES string of the molecule is Nc1ccc(C(=O)NCCc2ccccc2)c(C(F)(F)F)n1. The Kier molecular flexibility index (Phi) is 4.65. The van der Waals surface area contributed by atoms with Crippen LogP contribution < -0.4 is 11.1 Å². The van der Waals surface area contributed by atoms with Gasteiger partial charge in [-0.05, 0) is 24.1 Å². The van der Waals surface area contributed by atoms with E-state index in [2.05, 4.69) is 10.3 Å². The normalized spacial score (nSPS) is 11.2. The Labute approximate surface area is 125 Å². The zero-order valence-corrected chi connectivity index (χ0v) is 11.5.